The molecule has 1 aromatic heterocycles. The lowest BCUT2D eigenvalue weighted by molar-refractivity contribution is 0.142. The Morgan fingerprint density at radius 3 is 2.73 bits per heavy atom. The average Bonchev–Trinajstić information content (AvgIpc) is 3.08. The number of nitrogens with zero attached hydrogens (tertiary/aromatic N) is 3. The molecule has 3 aromatic rings. The number of rotatable bonds is 6. The van der Waals surface area contributed by atoms with Crippen molar-refractivity contribution in [1.82, 2.24) is 9.78 Å². The molecule has 0 aliphatic rings. The highest BCUT2D eigenvalue weighted by atomic mass is 16.5. The molecule has 2 aromatic carbocycles. The molecule has 26 heavy (non-hydrogen) atoms. The fraction of sp³-hybridized carbons (Fsp3) is 0.238. The molecule has 0 radical (unpaired) electrons. The van der Waals surface area contributed by atoms with E-state index in [0.29, 0.717) is 12.2 Å². The van der Waals surface area contributed by atoms with Gasteiger partial charge >= 0.3 is 0 Å². The lowest BCUT2D eigenvalue weighted by atomic mass is 10.1. The van der Waals surface area contributed by atoms with Crippen molar-refractivity contribution in [2.24, 2.45) is 7.05 Å². The molecule has 0 aliphatic carbocycles. The van der Waals surface area contributed by atoms with Crippen LogP contribution in [0.15, 0.2) is 54.7 Å². The van der Waals surface area contributed by atoms with Crippen LogP contribution in [-0.4, -0.2) is 22.5 Å². The van der Waals surface area contributed by atoms with Crippen molar-refractivity contribution in [3.05, 3.63) is 65.9 Å². The zero-order valence-corrected chi connectivity index (χ0v) is 15.1. The van der Waals surface area contributed by atoms with Crippen LogP contribution in [0.4, 0.5) is 0 Å². The molecule has 5 nitrogen and oxygen atoms in total. The molecule has 5 heteroatoms. The second-order valence-corrected chi connectivity index (χ2v) is 6.20. The smallest absolute Gasteiger partial charge is 0.130 e. The minimum absolute atomic E-state index is 0.123. The zero-order chi connectivity index (χ0) is 18.5. The molecule has 0 saturated carbocycles. The predicted octanol–water partition coefficient (Wildman–Crippen LogP) is 4.11. The van der Waals surface area contributed by atoms with E-state index in [9.17, 15) is 0 Å². The van der Waals surface area contributed by atoms with Crippen LogP contribution in [0.3, 0.4) is 0 Å². The van der Waals surface area contributed by atoms with E-state index in [1.54, 1.807) is 12.3 Å². The largest absolute Gasteiger partial charge is 0.490 e. The van der Waals surface area contributed by atoms with E-state index >= 15 is 0 Å². The number of ether oxygens (including phenoxy) is 2. The van der Waals surface area contributed by atoms with E-state index in [2.05, 4.69) is 11.2 Å². The molecule has 0 amide bonds. The van der Waals surface area contributed by atoms with Gasteiger partial charge in [-0.1, -0.05) is 12.1 Å². The number of nitriles is 1. The summed E-state index contributed by atoms with van der Waals surface area (Å²) in [6.45, 7) is 4.32. The summed E-state index contributed by atoms with van der Waals surface area (Å²) >= 11 is 0. The highest BCUT2D eigenvalue weighted by Gasteiger charge is 2.09. The van der Waals surface area contributed by atoms with Crippen LogP contribution >= 0.6 is 0 Å². The van der Waals surface area contributed by atoms with E-state index < -0.39 is 0 Å². The fourth-order valence-electron chi connectivity index (χ4n) is 2.72. The van der Waals surface area contributed by atoms with Crippen LogP contribution in [0, 0.1) is 18.3 Å². The van der Waals surface area contributed by atoms with Crippen LogP contribution in [-0.2, 0) is 7.05 Å². The molecular weight excluding hydrogens is 326 g/mol. The van der Waals surface area contributed by atoms with E-state index in [1.165, 1.54) is 0 Å². The predicted molar refractivity (Wildman–Crippen MR) is 100 cm³/mol. The molecule has 3 rings (SSSR count). The van der Waals surface area contributed by atoms with Crippen molar-refractivity contribution in [2.75, 3.05) is 6.61 Å². The SMILES string of the molecule is Cc1cc(C#N)ccc1O[C@H](C)COc1cccc(-c2ccnn2C)c1. The summed E-state index contributed by atoms with van der Waals surface area (Å²) in [5.74, 6) is 1.56. The normalized spacial score (nSPS) is 11.6. The Balaban J connectivity index is 1.62. The average molecular weight is 347 g/mol. The molecule has 0 spiro atoms. The van der Waals surface area contributed by atoms with E-state index in [0.717, 1.165) is 28.3 Å². The maximum absolute atomic E-state index is 8.94. The van der Waals surface area contributed by atoms with Gasteiger partial charge in [0.05, 0.1) is 17.3 Å². The highest BCUT2D eigenvalue weighted by molar-refractivity contribution is 5.61. The summed E-state index contributed by atoms with van der Waals surface area (Å²) in [4.78, 5) is 0. The third-order valence-corrected chi connectivity index (χ3v) is 4.07. The van der Waals surface area contributed by atoms with Crippen molar-refractivity contribution in [3.63, 3.8) is 0 Å². The first-order chi connectivity index (χ1) is 12.6. The van der Waals surface area contributed by atoms with Gasteiger partial charge in [-0.3, -0.25) is 4.68 Å². The van der Waals surface area contributed by atoms with E-state index in [4.69, 9.17) is 14.7 Å². The third-order valence-electron chi connectivity index (χ3n) is 4.07. The Hall–Kier alpha value is -3.26. The summed E-state index contributed by atoms with van der Waals surface area (Å²) < 4.78 is 13.7. The van der Waals surface area contributed by atoms with Gasteiger partial charge in [-0.25, -0.2) is 0 Å². The van der Waals surface area contributed by atoms with Gasteiger partial charge in [-0.15, -0.1) is 0 Å². The van der Waals surface area contributed by atoms with Gasteiger partial charge in [0.25, 0.3) is 0 Å². The Morgan fingerprint density at radius 1 is 1.19 bits per heavy atom. The van der Waals surface area contributed by atoms with Crippen molar-refractivity contribution in [1.29, 1.82) is 5.26 Å². The fourth-order valence-corrected chi connectivity index (χ4v) is 2.72. The molecule has 132 valence electrons. The minimum Gasteiger partial charge on any atom is -0.490 e. The molecule has 0 bridgehead atoms. The standard InChI is InChI=1S/C21H21N3O2/c1-15-11-17(13-22)7-8-21(15)26-16(2)14-25-19-6-4-5-18(12-19)20-9-10-23-24(20)3/h4-12,16H,14H2,1-3H3/t16-/m1/s1. The molecule has 1 atom stereocenters. The summed E-state index contributed by atoms with van der Waals surface area (Å²) in [6.07, 6.45) is 1.65. The quantitative estimate of drug-likeness (QED) is 0.673. The lowest BCUT2D eigenvalue weighted by Crippen LogP contribution is -2.21. The van der Waals surface area contributed by atoms with Crippen molar-refractivity contribution in [2.45, 2.75) is 20.0 Å². The molecular formula is C21H21N3O2. The molecule has 0 N–H and O–H groups in total. The first kappa shape index (κ1) is 17.6. The first-order valence-corrected chi connectivity index (χ1v) is 8.45. The highest BCUT2D eigenvalue weighted by Crippen LogP contribution is 2.24. The zero-order valence-electron chi connectivity index (χ0n) is 15.1. The molecule has 0 aliphatic heterocycles. The summed E-state index contributed by atoms with van der Waals surface area (Å²) in [7, 11) is 1.92. The molecule has 1 heterocycles. The summed E-state index contributed by atoms with van der Waals surface area (Å²) in [5, 5.41) is 13.1. The van der Waals surface area contributed by atoms with Gasteiger partial charge in [0.1, 0.15) is 24.2 Å². The maximum Gasteiger partial charge on any atom is 0.130 e. The third kappa shape index (κ3) is 4.04. The van der Waals surface area contributed by atoms with Crippen molar-refractivity contribution in [3.8, 4) is 28.8 Å². The molecule has 0 unspecified atom stereocenters. The van der Waals surface area contributed by atoms with Gasteiger partial charge in [0, 0.05) is 18.8 Å². The minimum atomic E-state index is -0.123. The van der Waals surface area contributed by atoms with E-state index in [-0.39, 0.29) is 6.10 Å². The Morgan fingerprint density at radius 2 is 2.04 bits per heavy atom. The maximum atomic E-state index is 8.94. The second kappa shape index (κ2) is 7.75. The van der Waals surface area contributed by atoms with Crippen LogP contribution < -0.4 is 9.47 Å². The Bertz CT molecular complexity index is 940. The van der Waals surface area contributed by atoms with Crippen LogP contribution in [0.1, 0.15) is 18.1 Å². The number of benzene rings is 2. The number of aryl methyl sites for hydroxylation is 2. The van der Waals surface area contributed by atoms with Crippen molar-refractivity contribution < 1.29 is 9.47 Å². The Labute approximate surface area is 153 Å². The lowest BCUT2D eigenvalue weighted by Gasteiger charge is -2.17. The second-order valence-electron chi connectivity index (χ2n) is 6.20. The van der Waals surface area contributed by atoms with Gasteiger partial charge < -0.3 is 9.47 Å². The Kier molecular flexibility index (Phi) is 5.23. The molecule has 0 saturated heterocycles. The van der Waals surface area contributed by atoms with Crippen molar-refractivity contribution >= 4 is 0 Å². The van der Waals surface area contributed by atoms with E-state index in [1.807, 2.05) is 68.0 Å². The van der Waals surface area contributed by atoms with Gasteiger partial charge in [-0.05, 0) is 55.8 Å². The number of aromatic nitrogens is 2. The van der Waals surface area contributed by atoms with Crippen LogP contribution in [0.25, 0.3) is 11.3 Å². The number of hydrogen-bond acceptors (Lipinski definition) is 4. The number of hydrogen-bond donors (Lipinski definition) is 0. The first-order valence-electron chi connectivity index (χ1n) is 8.45. The summed E-state index contributed by atoms with van der Waals surface area (Å²) in [6, 6.07) is 17.4. The topological polar surface area (TPSA) is 60.1 Å². The summed E-state index contributed by atoms with van der Waals surface area (Å²) in [5.41, 5.74) is 3.66. The van der Waals surface area contributed by atoms with Gasteiger partial charge in [-0.2, -0.15) is 10.4 Å². The molecule has 0 fully saturated rings. The van der Waals surface area contributed by atoms with Crippen LogP contribution in [0.5, 0.6) is 11.5 Å². The van der Waals surface area contributed by atoms with Crippen LogP contribution in [0.2, 0.25) is 0 Å². The van der Waals surface area contributed by atoms with Gasteiger partial charge in [0.15, 0.2) is 0 Å². The monoisotopic (exact) mass is 347 g/mol. The van der Waals surface area contributed by atoms with Gasteiger partial charge in [0.2, 0.25) is 0 Å².